The van der Waals surface area contributed by atoms with Crippen molar-refractivity contribution >= 4 is 11.8 Å². The van der Waals surface area contributed by atoms with Crippen LogP contribution in [0.15, 0.2) is 18.2 Å². The number of nitrogens with two attached hydrogens (primary N) is 1. The van der Waals surface area contributed by atoms with Crippen LogP contribution in [0.25, 0.3) is 0 Å². The van der Waals surface area contributed by atoms with E-state index < -0.39 is 23.4 Å². The molecule has 2 amide bonds. The summed E-state index contributed by atoms with van der Waals surface area (Å²) in [5.74, 6) is 1.32. The van der Waals surface area contributed by atoms with Crippen LogP contribution < -0.4 is 16.6 Å². The summed E-state index contributed by atoms with van der Waals surface area (Å²) >= 11 is 0. The van der Waals surface area contributed by atoms with Gasteiger partial charge in [0.2, 0.25) is 0 Å². The summed E-state index contributed by atoms with van der Waals surface area (Å²) in [6, 6.07) is 2.81. The van der Waals surface area contributed by atoms with Crippen molar-refractivity contribution in [3.63, 3.8) is 0 Å². The Bertz CT molecular complexity index is 423. The monoisotopic (exact) mass is 229 g/mol. The van der Waals surface area contributed by atoms with Crippen LogP contribution in [-0.2, 0) is 16.1 Å². The molecule has 0 atom stereocenters. The topological polar surface area (TPSA) is 84.2 Å². The lowest BCUT2D eigenvalue weighted by molar-refractivity contribution is -0.139. The molecule has 0 saturated carbocycles. The minimum Gasteiger partial charge on any atom is -0.344 e. The number of benzene rings is 1. The standard InChI is InChI=1S/C9H9F2N3O2/c10-6-1-2-7(11)5(3-6)4-13-8(15)9(16)14-12/h1-3H,4,12H2,(H,13,15)(H,14,16). The highest BCUT2D eigenvalue weighted by atomic mass is 19.1. The summed E-state index contributed by atoms with van der Waals surface area (Å²) < 4.78 is 25.8. The maximum absolute atomic E-state index is 13.1. The number of rotatable bonds is 2. The molecular weight excluding hydrogens is 220 g/mol. The van der Waals surface area contributed by atoms with Crippen LogP contribution in [0.5, 0.6) is 0 Å². The first-order chi connectivity index (χ1) is 7.54. The number of hydrogen-bond donors (Lipinski definition) is 3. The Morgan fingerprint density at radius 3 is 2.56 bits per heavy atom. The van der Waals surface area contributed by atoms with E-state index in [4.69, 9.17) is 5.84 Å². The van der Waals surface area contributed by atoms with Gasteiger partial charge in [-0.3, -0.25) is 15.0 Å². The molecule has 0 heterocycles. The minimum absolute atomic E-state index is 0.0572. The van der Waals surface area contributed by atoms with E-state index in [0.29, 0.717) is 0 Å². The largest absolute Gasteiger partial charge is 0.344 e. The molecule has 0 aliphatic rings. The molecular formula is C9H9F2N3O2. The second-order valence-electron chi connectivity index (χ2n) is 2.89. The summed E-state index contributed by atoms with van der Waals surface area (Å²) in [5.41, 5.74) is 1.55. The fourth-order valence-electron chi connectivity index (χ4n) is 1.00. The van der Waals surface area contributed by atoms with E-state index in [1.807, 2.05) is 0 Å². The van der Waals surface area contributed by atoms with Gasteiger partial charge >= 0.3 is 11.8 Å². The van der Waals surface area contributed by atoms with Crippen LogP contribution in [0.3, 0.4) is 0 Å². The first kappa shape index (κ1) is 12.1. The molecule has 0 radical (unpaired) electrons. The highest BCUT2D eigenvalue weighted by molar-refractivity contribution is 6.34. The lowest BCUT2D eigenvalue weighted by Gasteiger charge is -2.05. The third-order valence-electron chi connectivity index (χ3n) is 1.78. The number of hydrazine groups is 1. The van der Waals surface area contributed by atoms with Gasteiger partial charge in [0.05, 0.1) is 0 Å². The average molecular weight is 229 g/mol. The van der Waals surface area contributed by atoms with Crippen molar-refractivity contribution in [2.24, 2.45) is 5.84 Å². The lowest BCUT2D eigenvalue weighted by atomic mass is 10.2. The fraction of sp³-hybridized carbons (Fsp3) is 0.111. The van der Waals surface area contributed by atoms with E-state index in [1.54, 1.807) is 5.43 Å². The molecule has 0 bridgehead atoms. The molecule has 0 aliphatic carbocycles. The highest BCUT2D eigenvalue weighted by Gasteiger charge is 2.12. The van der Waals surface area contributed by atoms with E-state index in [1.165, 1.54) is 0 Å². The van der Waals surface area contributed by atoms with Gasteiger partial charge in [0.15, 0.2) is 0 Å². The van der Waals surface area contributed by atoms with Crippen molar-refractivity contribution < 1.29 is 18.4 Å². The van der Waals surface area contributed by atoms with Crippen molar-refractivity contribution in [1.82, 2.24) is 10.7 Å². The van der Waals surface area contributed by atoms with Gasteiger partial charge in [-0.05, 0) is 18.2 Å². The van der Waals surface area contributed by atoms with Crippen molar-refractivity contribution in [1.29, 1.82) is 0 Å². The first-order valence-electron chi connectivity index (χ1n) is 4.27. The maximum atomic E-state index is 13.1. The minimum atomic E-state index is -1.06. The molecule has 7 heteroatoms. The van der Waals surface area contributed by atoms with E-state index in [9.17, 15) is 18.4 Å². The molecule has 0 fully saturated rings. The van der Waals surface area contributed by atoms with Gasteiger partial charge in [-0.2, -0.15) is 0 Å². The highest BCUT2D eigenvalue weighted by Crippen LogP contribution is 2.08. The second kappa shape index (κ2) is 5.17. The van der Waals surface area contributed by atoms with Crippen LogP contribution in [0.1, 0.15) is 5.56 Å². The van der Waals surface area contributed by atoms with Crippen molar-refractivity contribution in [3.05, 3.63) is 35.4 Å². The van der Waals surface area contributed by atoms with Gasteiger partial charge in [0, 0.05) is 12.1 Å². The second-order valence-corrected chi connectivity index (χ2v) is 2.89. The number of nitrogens with one attached hydrogen (secondary N) is 2. The summed E-state index contributed by atoms with van der Waals surface area (Å²) in [4.78, 5) is 21.6. The molecule has 1 aromatic rings. The number of hydrogen-bond acceptors (Lipinski definition) is 3. The predicted octanol–water partition coefficient (Wildman–Crippen LogP) is -0.429. The molecule has 16 heavy (non-hydrogen) atoms. The lowest BCUT2D eigenvalue weighted by Crippen LogP contribution is -2.42. The zero-order chi connectivity index (χ0) is 12.1. The van der Waals surface area contributed by atoms with Gasteiger partial charge in [-0.25, -0.2) is 14.6 Å². The number of halogens is 2. The zero-order valence-electron chi connectivity index (χ0n) is 8.09. The Morgan fingerprint density at radius 1 is 1.25 bits per heavy atom. The summed E-state index contributed by atoms with van der Waals surface area (Å²) in [6.07, 6.45) is 0. The summed E-state index contributed by atoms with van der Waals surface area (Å²) in [7, 11) is 0. The Kier molecular flexibility index (Phi) is 3.90. The summed E-state index contributed by atoms with van der Waals surface area (Å²) in [6.45, 7) is -0.296. The van der Waals surface area contributed by atoms with E-state index >= 15 is 0 Å². The molecule has 0 unspecified atom stereocenters. The average Bonchev–Trinajstić information content (AvgIpc) is 2.28. The van der Waals surface area contributed by atoms with Gasteiger partial charge < -0.3 is 5.32 Å². The molecule has 0 saturated heterocycles. The quantitative estimate of drug-likeness (QED) is 0.278. The Balaban J connectivity index is 2.64. The van der Waals surface area contributed by atoms with Gasteiger partial charge in [-0.1, -0.05) is 0 Å². The van der Waals surface area contributed by atoms with Crippen molar-refractivity contribution in [2.75, 3.05) is 0 Å². The van der Waals surface area contributed by atoms with Crippen LogP contribution in [0.4, 0.5) is 8.78 Å². The molecule has 4 N–H and O–H groups in total. The number of amides is 2. The van der Waals surface area contributed by atoms with Crippen molar-refractivity contribution in [2.45, 2.75) is 6.54 Å². The number of carbonyl (C=O) groups excluding carboxylic acids is 2. The fourth-order valence-corrected chi connectivity index (χ4v) is 1.00. The summed E-state index contributed by atoms with van der Waals surface area (Å²) in [5, 5.41) is 2.08. The van der Waals surface area contributed by atoms with Gasteiger partial charge in [0.25, 0.3) is 0 Å². The SMILES string of the molecule is NNC(=O)C(=O)NCc1cc(F)ccc1F. The van der Waals surface area contributed by atoms with E-state index in [-0.39, 0.29) is 12.1 Å². The van der Waals surface area contributed by atoms with E-state index in [2.05, 4.69) is 5.32 Å². The number of carbonyl (C=O) groups is 2. The molecule has 1 aromatic carbocycles. The maximum Gasteiger partial charge on any atom is 0.323 e. The van der Waals surface area contributed by atoms with Crippen LogP contribution >= 0.6 is 0 Å². The molecule has 1 rings (SSSR count). The zero-order valence-corrected chi connectivity index (χ0v) is 8.09. The Morgan fingerprint density at radius 2 is 1.94 bits per heavy atom. The van der Waals surface area contributed by atoms with E-state index in [0.717, 1.165) is 18.2 Å². The smallest absolute Gasteiger partial charge is 0.323 e. The molecule has 0 aliphatic heterocycles. The normalized spacial score (nSPS) is 9.69. The predicted molar refractivity (Wildman–Crippen MR) is 50.5 cm³/mol. The van der Waals surface area contributed by atoms with Crippen LogP contribution in [-0.4, -0.2) is 11.8 Å². The van der Waals surface area contributed by atoms with Gasteiger partial charge in [-0.15, -0.1) is 0 Å². The van der Waals surface area contributed by atoms with Crippen LogP contribution in [0.2, 0.25) is 0 Å². The van der Waals surface area contributed by atoms with Crippen LogP contribution in [0, 0.1) is 11.6 Å². The molecule has 5 nitrogen and oxygen atoms in total. The first-order valence-corrected chi connectivity index (χ1v) is 4.27. The Hall–Kier alpha value is -2.02. The third kappa shape index (κ3) is 2.99. The van der Waals surface area contributed by atoms with Crippen molar-refractivity contribution in [3.8, 4) is 0 Å². The van der Waals surface area contributed by atoms with Gasteiger partial charge in [0.1, 0.15) is 11.6 Å². The molecule has 86 valence electrons. The molecule has 0 aromatic heterocycles. The Labute approximate surface area is 89.6 Å². The third-order valence-corrected chi connectivity index (χ3v) is 1.78. The molecule has 0 spiro atoms.